The number of hydrogen-bond acceptors (Lipinski definition) is 2. The lowest BCUT2D eigenvalue weighted by Gasteiger charge is -1.85. The fourth-order valence-corrected chi connectivity index (χ4v) is 0.0582. The minimum absolute atomic E-state index is 0.157. The third-order valence-electron chi connectivity index (χ3n) is 0.355. The van der Waals surface area contributed by atoms with Gasteiger partial charge in [-0.05, 0) is 0 Å². The summed E-state index contributed by atoms with van der Waals surface area (Å²) in [4.78, 5) is 19.0. The summed E-state index contributed by atoms with van der Waals surface area (Å²) in [5.41, 5.74) is 0. The molecule has 0 saturated heterocycles. The Labute approximate surface area is 44.9 Å². The summed E-state index contributed by atoms with van der Waals surface area (Å²) in [5, 5.41) is 6.43. The lowest BCUT2D eigenvalue weighted by Crippen LogP contribution is -2.13. The van der Waals surface area contributed by atoms with E-state index in [4.69, 9.17) is 16.7 Å². The molecule has 3 nitrogen and oxygen atoms in total. The van der Waals surface area contributed by atoms with Crippen LogP contribution in [0.25, 0.3) is 0 Å². The molecule has 0 aliphatic heterocycles. The summed E-state index contributed by atoms with van der Waals surface area (Å²) in [6, 6.07) is 0. The average Bonchev–Trinajstić information content (AvgIpc) is 1.65. The van der Waals surface area contributed by atoms with E-state index < -0.39 is 11.3 Å². The summed E-state index contributed by atoms with van der Waals surface area (Å²) in [5.74, 6) is -1.31. The van der Waals surface area contributed by atoms with Crippen LogP contribution in [-0.2, 0) is 9.59 Å². The molecule has 0 aliphatic rings. The van der Waals surface area contributed by atoms with Gasteiger partial charge in [0.05, 0.1) is 0 Å². The zero-order chi connectivity index (χ0) is 5.86. The third-order valence-corrected chi connectivity index (χ3v) is 0.645. The van der Waals surface area contributed by atoms with E-state index in [2.05, 4.69) is 0 Å². The van der Waals surface area contributed by atoms with Crippen molar-refractivity contribution in [3.63, 3.8) is 0 Å². The molecule has 0 radical (unpaired) electrons. The highest BCUT2D eigenvalue weighted by atomic mass is 35.5. The van der Waals surface area contributed by atoms with E-state index in [1.807, 2.05) is 0 Å². The number of aldehydes is 1. The molecule has 0 aromatic heterocycles. The molecule has 0 aliphatic carbocycles. The SMILES string of the molecule is O=CC(Cl)C(=O)O. The van der Waals surface area contributed by atoms with Crippen LogP contribution in [0, 0.1) is 0 Å². The van der Waals surface area contributed by atoms with E-state index in [1.165, 1.54) is 0 Å². The topological polar surface area (TPSA) is 54.4 Å². The summed E-state index contributed by atoms with van der Waals surface area (Å²) >= 11 is 4.83. The minimum Gasteiger partial charge on any atom is -0.480 e. The highest BCUT2D eigenvalue weighted by molar-refractivity contribution is 6.37. The van der Waals surface area contributed by atoms with Crippen LogP contribution in [0.2, 0.25) is 0 Å². The second kappa shape index (κ2) is 2.58. The molecule has 4 heteroatoms. The first-order valence-corrected chi connectivity index (χ1v) is 1.94. The average molecular weight is 123 g/mol. The van der Waals surface area contributed by atoms with Gasteiger partial charge in [-0.3, -0.25) is 4.79 Å². The summed E-state index contributed by atoms with van der Waals surface area (Å²) in [6.45, 7) is 0. The molecule has 0 amide bonds. The molecule has 1 atom stereocenters. The lowest BCUT2D eigenvalue weighted by molar-refractivity contribution is -0.137. The number of carboxylic acids is 1. The summed E-state index contributed by atoms with van der Waals surface area (Å²) in [7, 11) is 0. The fourth-order valence-electron chi connectivity index (χ4n) is 0.0582. The molecule has 0 aromatic rings. The molecule has 40 valence electrons. The van der Waals surface area contributed by atoms with Crippen molar-refractivity contribution in [2.75, 3.05) is 0 Å². The van der Waals surface area contributed by atoms with Crippen molar-refractivity contribution < 1.29 is 14.7 Å². The van der Waals surface area contributed by atoms with Crippen LogP contribution in [0.1, 0.15) is 0 Å². The number of hydrogen-bond donors (Lipinski definition) is 1. The predicted octanol–water partition coefficient (Wildman–Crippen LogP) is -0.123. The van der Waals surface area contributed by atoms with E-state index in [1.54, 1.807) is 0 Å². The van der Waals surface area contributed by atoms with Crippen molar-refractivity contribution in [2.45, 2.75) is 5.38 Å². The van der Waals surface area contributed by atoms with Crippen LogP contribution in [0.3, 0.4) is 0 Å². The first-order chi connectivity index (χ1) is 3.18. The highest BCUT2D eigenvalue weighted by Crippen LogP contribution is 1.87. The Balaban J connectivity index is 3.55. The second-order valence-electron chi connectivity index (χ2n) is 0.876. The normalized spacial score (nSPS) is 12.7. The number of aliphatic carboxylic acids is 1. The monoisotopic (exact) mass is 122 g/mol. The van der Waals surface area contributed by atoms with Gasteiger partial charge in [0.1, 0.15) is 6.29 Å². The van der Waals surface area contributed by atoms with Crippen LogP contribution in [0.15, 0.2) is 0 Å². The van der Waals surface area contributed by atoms with Crippen molar-refractivity contribution in [3.05, 3.63) is 0 Å². The number of carbonyl (C=O) groups is 2. The molecule has 0 fully saturated rings. The quantitative estimate of drug-likeness (QED) is 0.316. The second-order valence-corrected chi connectivity index (χ2v) is 1.35. The standard InChI is InChI=1S/C3H3ClO3/c4-2(1-5)3(6)7/h1-2H,(H,6,7). The van der Waals surface area contributed by atoms with Gasteiger partial charge < -0.3 is 9.90 Å². The van der Waals surface area contributed by atoms with Crippen LogP contribution >= 0.6 is 11.6 Å². The van der Waals surface area contributed by atoms with Gasteiger partial charge in [0.2, 0.25) is 0 Å². The van der Waals surface area contributed by atoms with Crippen molar-refractivity contribution in [1.29, 1.82) is 0 Å². The number of carbonyl (C=O) groups excluding carboxylic acids is 1. The van der Waals surface area contributed by atoms with Crippen LogP contribution < -0.4 is 0 Å². The molecule has 1 N–H and O–H groups in total. The van der Waals surface area contributed by atoms with E-state index in [0.29, 0.717) is 0 Å². The van der Waals surface area contributed by atoms with E-state index >= 15 is 0 Å². The number of carboxylic acid groups (broad SMARTS) is 1. The van der Waals surface area contributed by atoms with E-state index in [-0.39, 0.29) is 6.29 Å². The van der Waals surface area contributed by atoms with Crippen molar-refractivity contribution in [2.24, 2.45) is 0 Å². The Hall–Kier alpha value is -0.570. The van der Waals surface area contributed by atoms with Crippen molar-refractivity contribution >= 4 is 23.9 Å². The molecule has 1 unspecified atom stereocenters. The van der Waals surface area contributed by atoms with E-state index in [0.717, 1.165) is 0 Å². The van der Waals surface area contributed by atoms with Crippen LogP contribution in [0.5, 0.6) is 0 Å². The molecule has 0 saturated carbocycles. The Kier molecular flexibility index (Phi) is 2.37. The van der Waals surface area contributed by atoms with Crippen molar-refractivity contribution in [1.82, 2.24) is 0 Å². The largest absolute Gasteiger partial charge is 0.480 e. The smallest absolute Gasteiger partial charge is 0.329 e. The van der Waals surface area contributed by atoms with Gasteiger partial charge in [0.25, 0.3) is 0 Å². The zero-order valence-electron chi connectivity index (χ0n) is 3.30. The van der Waals surface area contributed by atoms with Crippen molar-refractivity contribution in [3.8, 4) is 0 Å². The minimum atomic E-state index is -1.39. The maximum Gasteiger partial charge on any atom is 0.329 e. The van der Waals surface area contributed by atoms with E-state index in [9.17, 15) is 9.59 Å². The Morgan fingerprint density at radius 2 is 2.29 bits per heavy atom. The van der Waals surface area contributed by atoms with Gasteiger partial charge in [-0.25, -0.2) is 0 Å². The first-order valence-electron chi connectivity index (χ1n) is 1.50. The third kappa shape index (κ3) is 2.17. The molecule has 0 rings (SSSR count). The van der Waals surface area contributed by atoms with Gasteiger partial charge >= 0.3 is 5.97 Å². The van der Waals surface area contributed by atoms with Gasteiger partial charge in [0, 0.05) is 0 Å². The maximum atomic E-state index is 9.57. The first kappa shape index (κ1) is 6.43. The Bertz CT molecular complexity index is 90.2. The van der Waals surface area contributed by atoms with Crippen LogP contribution in [-0.4, -0.2) is 22.7 Å². The molecule has 7 heavy (non-hydrogen) atoms. The van der Waals surface area contributed by atoms with Crippen LogP contribution in [0.4, 0.5) is 0 Å². The maximum absolute atomic E-state index is 9.57. The predicted molar refractivity (Wildman–Crippen MR) is 23.3 cm³/mol. The van der Waals surface area contributed by atoms with Gasteiger partial charge in [0.15, 0.2) is 5.38 Å². The molecular weight excluding hydrogens is 119 g/mol. The highest BCUT2D eigenvalue weighted by Gasteiger charge is 2.09. The molecule has 0 bridgehead atoms. The lowest BCUT2D eigenvalue weighted by atomic mass is 10.5. The summed E-state index contributed by atoms with van der Waals surface area (Å²) < 4.78 is 0. The number of alkyl halides is 1. The van der Waals surface area contributed by atoms with Gasteiger partial charge in [-0.2, -0.15) is 0 Å². The number of halogens is 1. The van der Waals surface area contributed by atoms with Gasteiger partial charge in [-0.1, -0.05) is 0 Å². The molecular formula is C3H3ClO3. The summed E-state index contributed by atoms with van der Waals surface area (Å²) in [6.07, 6.45) is 0.157. The molecule has 0 spiro atoms. The fraction of sp³-hybridized carbons (Fsp3) is 0.333. The zero-order valence-corrected chi connectivity index (χ0v) is 4.05. The molecule has 0 aromatic carbocycles. The Morgan fingerprint density at radius 3 is 2.29 bits per heavy atom. The van der Waals surface area contributed by atoms with Gasteiger partial charge in [-0.15, -0.1) is 11.6 Å². The number of rotatable bonds is 2. The Morgan fingerprint density at radius 1 is 1.86 bits per heavy atom. The molecule has 0 heterocycles.